The summed E-state index contributed by atoms with van der Waals surface area (Å²) in [5, 5.41) is 1.10. The largest absolute Gasteiger partial charge is 0.454 e. The number of nitrogens with two attached hydrogens (primary N) is 1. The van der Waals surface area contributed by atoms with Gasteiger partial charge < -0.3 is 15.2 Å². The molecule has 0 bridgehead atoms. The summed E-state index contributed by atoms with van der Waals surface area (Å²) in [5.74, 6) is 1.57. The third kappa shape index (κ3) is 2.51. The topological polar surface area (TPSA) is 57.4 Å². The first-order valence-corrected chi connectivity index (χ1v) is 7.59. The van der Waals surface area contributed by atoms with Crippen LogP contribution in [0.2, 0.25) is 0 Å². The predicted molar refractivity (Wildman–Crippen MR) is 79.4 cm³/mol. The highest BCUT2D eigenvalue weighted by molar-refractivity contribution is 7.11. The van der Waals surface area contributed by atoms with Crippen molar-refractivity contribution in [2.45, 2.75) is 32.7 Å². The van der Waals surface area contributed by atoms with Crippen LogP contribution in [0.3, 0.4) is 0 Å². The van der Waals surface area contributed by atoms with E-state index in [2.05, 4.69) is 18.8 Å². The van der Waals surface area contributed by atoms with Crippen LogP contribution in [0.4, 0.5) is 0 Å². The zero-order valence-corrected chi connectivity index (χ0v) is 12.5. The van der Waals surface area contributed by atoms with Crippen LogP contribution in [0.25, 0.3) is 0 Å². The average Bonchev–Trinajstić information content (AvgIpc) is 3.03. The van der Waals surface area contributed by atoms with Gasteiger partial charge in [-0.05, 0) is 31.0 Å². The van der Waals surface area contributed by atoms with E-state index in [9.17, 15) is 0 Å². The molecule has 2 N–H and O–H groups in total. The van der Waals surface area contributed by atoms with Gasteiger partial charge in [0.25, 0.3) is 0 Å². The normalized spacial score (nSPS) is 14.6. The molecule has 0 spiro atoms. The van der Waals surface area contributed by atoms with Crippen molar-refractivity contribution in [3.63, 3.8) is 0 Å². The molecule has 0 saturated heterocycles. The number of aromatic nitrogens is 1. The average molecular weight is 290 g/mol. The molecule has 0 amide bonds. The van der Waals surface area contributed by atoms with Gasteiger partial charge in [0.15, 0.2) is 11.5 Å². The number of hydrogen-bond donors (Lipinski definition) is 1. The monoisotopic (exact) mass is 290 g/mol. The lowest BCUT2D eigenvalue weighted by Crippen LogP contribution is -2.13. The van der Waals surface area contributed by atoms with Crippen molar-refractivity contribution in [1.29, 1.82) is 0 Å². The molecule has 4 nitrogen and oxygen atoms in total. The van der Waals surface area contributed by atoms with Gasteiger partial charge in [0.1, 0.15) is 0 Å². The molecule has 2 heterocycles. The third-order valence-corrected chi connectivity index (χ3v) is 4.53. The van der Waals surface area contributed by atoms with E-state index in [1.807, 2.05) is 18.2 Å². The standard InChI is InChI=1S/C15H18N2O2S/c1-3-12-9(2)20-15(17-12)7-11(16)10-4-5-13-14(6-10)19-8-18-13/h4-6,11H,3,7-8,16H2,1-2H3. The summed E-state index contributed by atoms with van der Waals surface area (Å²) in [6, 6.07) is 5.81. The van der Waals surface area contributed by atoms with Gasteiger partial charge in [-0.15, -0.1) is 11.3 Å². The van der Waals surface area contributed by atoms with Gasteiger partial charge in [0.2, 0.25) is 6.79 Å². The highest BCUT2D eigenvalue weighted by atomic mass is 32.1. The first-order valence-electron chi connectivity index (χ1n) is 6.77. The number of aryl methyl sites for hydroxylation is 2. The van der Waals surface area contributed by atoms with E-state index in [1.165, 1.54) is 10.6 Å². The Bertz CT molecular complexity index is 624. The minimum atomic E-state index is -0.0697. The van der Waals surface area contributed by atoms with Gasteiger partial charge in [0.05, 0.1) is 10.7 Å². The minimum absolute atomic E-state index is 0.0697. The van der Waals surface area contributed by atoms with Crippen LogP contribution in [-0.4, -0.2) is 11.8 Å². The van der Waals surface area contributed by atoms with Gasteiger partial charge in [-0.1, -0.05) is 13.0 Å². The highest BCUT2D eigenvalue weighted by Crippen LogP contribution is 2.34. The van der Waals surface area contributed by atoms with Gasteiger partial charge >= 0.3 is 0 Å². The molecule has 106 valence electrons. The van der Waals surface area contributed by atoms with Crippen molar-refractivity contribution >= 4 is 11.3 Å². The molecule has 0 saturated carbocycles. The predicted octanol–water partition coefficient (Wildman–Crippen LogP) is 2.99. The molecule has 5 heteroatoms. The van der Waals surface area contributed by atoms with E-state index in [1.54, 1.807) is 11.3 Å². The smallest absolute Gasteiger partial charge is 0.231 e. The number of ether oxygens (including phenoxy) is 2. The first kappa shape index (κ1) is 13.4. The summed E-state index contributed by atoms with van der Waals surface area (Å²) in [7, 11) is 0. The quantitative estimate of drug-likeness (QED) is 0.940. The summed E-state index contributed by atoms with van der Waals surface area (Å²) in [5.41, 5.74) is 8.53. The molecule has 1 atom stereocenters. The first-order chi connectivity index (χ1) is 9.67. The van der Waals surface area contributed by atoms with Crippen LogP contribution in [0.15, 0.2) is 18.2 Å². The van der Waals surface area contributed by atoms with E-state index in [0.29, 0.717) is 6.79 Å². The SMILES string of the molecule is CCc1nc(CC(N)c2ccc3c(c2)OCO3)sc1C. The summed E-state index contributed by atoms with van der Waals surface area (Å²) < 4.78 is 10.7. The second-order valence-electron chi connectivity index (χ2n) is 4.89. The lowest BCUT2D eigenvalue weighted by atomic mass is 10.0. The Morgan fingerprint density at radius 2 is 2.15 bits per heavy atom. The number of rotatable bonds is 4. The van der Waals surface area contributed by atoms with Crippen LogP contribution in [-0.2, 0) is 12.8 Å². The lowest BCUT2D eigenvalue weighted by molar-refractivity contribution is 0.174. The van der Waals surface area contributed by atoms with Crippen LogP contribution in [0.1, 0.15) is 34.1 Å². The molecule has 3 rings (SSSR count). The second kappa shape index (κ2) is 5.42. The summed E-state index contributed by atoms with van der Waals surface area (Å²) in [6.07, 6.45) is 1.73. The van der Waals surface area contributed by atoms with Gasteiger partial charge in [0, 0.05) is 17.3 Å². The van der Waals surface area contributed by atoms with E-state index in [-0.39, 0.29) is 6.04 Å². The third-order valence-electron chi connectivity index (χ3n) is 3.49. The molecule has 0 radical (unpaired) electrons. The van der Waals surface area contributed by atoms with E-state index in [0.717, 1.165) is 34.9 Å². The summed E-state index contributed by atoms with van der Waals surface area (Å²) in [6.45, 7) is 4.54. The van der Waals surface area contributed by atoms with Gasteiger partial charge in [-0.3, -0.25) is 0 Å². The molecular weight excluding hydrogens is 272 g/mol. The van der Waals surface area contributed by atoms with Crippen molar-refractivity contribution in [1.82, 2.24) is 4.98 Å². The van der Waals surface area contributed by atoms with E-state index < -0.39 is 0 Å². The van der Waals surface area contributed by atoms with Crippen molar-refractivity contribution in [2.75, 3.05) is 6.79 Å². The Labute approximate surface area is 122 Å². The molecule has 1 aromatic carbocycles. The van der Waals surface area contributed by atoms with Crippen LogP contribution in [0, 0.1) is 6.92 Å². The molecule has 1 aliphatic rings. The fourth-order valence-electron chi connectivity index (χ4n) is 2.35. The number of nitrogens with zero attached hydrogens (tertiary/aromatic N) is 1. The molecular formula is C15H18N2O2S. The molecule has 1 aromatic heterocycles. The zero-order valence-electron chi connectivity index (χ0n) is 11.7. The van der Waals surface area contributed by atoms with Crippen LogP contribution in [0.5, 0.6) is 11.5 Å². The Hall–Kier alpha value is -1.59. The maximum absolute atomic E-state index is 6.29. The van der Waals surface area contributed by atoms with E-state index >= 15 is 0 Å². The minimum Gasteiger partial charge on any atom is -0.454 e. The molecule has 0 fully saturated rings. The molecule has 1 aliphatic heterocycles. The Balaban J connectivity index is 1.76. The number of benzene rings is 1. The summed E-state index contributed by atoms with van der Waals surface area (Å²) >= 11 is 1.74. The number of fused-ring (bicyclic) bond motifs is 1. The Morgan fingerprint density at radius 3 is 2.90 bits per heavy atom. The van der Waals surface area contributed by atoms with E-state index in [4.69, 9.17) is 15.2 Å². The van der Waals surface area contributed by atoms with Crippen LogP contribution < -0.4 is 15.2 Å². The van der Waals surface area contributed by atoms with Crippen molar-refractivity contribution in [3.05, 3.63) is 39.3 Å². The fraction of sp³-hybridized carbons (Fsp3) is 0.400. The van der Waals surface area contributed by atoms with Crippen molar-refractivity contribution in [2.24, 2.45) is 5.73 Å². The van der Waals surface area contributed by atoms with Crippen molar-refractivity contribution < 1.29 is 9.47 Å². The molecule has 1 unspecified atom stereocenters. The fourth-order valence-corrected chi connectivity index (χ4v) is 3.43. The zero-order chi connectivity index (χ0) is 14.1. The molecule has 2 aromatic rings. The molecule has 20 heavy (non-hydrogen) atoms. The van der Waals surface area contributed by atoms with Crippen LogP contribution >= 0.6 is 11.3 Å². The second-order valence-corrected chi connectivity index (χ2v) is 6.18. The Morgan fingerprint density at radius 1 is 1.35 bits per heavy atom. The summed E-state index contributed by atoms with van der Waals surface area (Å²) in [4.78, 5) is 5.94. The van der Waals surface area contributed by atoms with Crippen molar-refractivity contribution in [3.8, 4) is 11.5 Å². The maximum Gasteiger partial charge on any atom is 0.231 e. The number of hydrogen-bond acceptors (Lipinski definition) is 5. The van der Waals surface area contributed by atoms with Gasteiger partial charge in [-0.2, -0.15) is 0 Å². The molecule has 0 aliphatic carbocycles. The lowest BCUT2D eigenvalue weighted by Gasteiger charge is -2.10. The Kier molecular flexibility index (Phi) is 3.63. The maximum atomic E-state index is 6.29. The highest BCUT2D eigenvalue weighted by Gasteiger charge is 2.17. The van der Waals surface area contributed by atoms with Gasteiger partial charge in [-0.25, -0.2) is 4.98 Å². The number of thiazole rings is 1.